The van der Waals surface area contributed by atoms with Gasteiger partial charge in [0.1, 0.15) is 17.5 Å². The van der Waals surface area contributed by atoms with Crippen LogP contribution in [0.15, 0.2) is 34.8 Å². The first kappa shape index (κ1) is 14.5. The van der Waals surface area contributed by atoms with Crippen molar-refractivity contribution in [1.29, 1.82) is 5.26 Å². The number of phenols is 1. The number of aromatic amines is 1. The summed E-state index contributed by atoms with van der Waals surface area (Å²) in [5, 5.41) is 26.6. The van der Waals surface area contributed by atoms with Crippen molar-refractivity contribution in [3.8, 4) is 11.8 Å². The zero-order valence-corrected chi connectivity index (χ0v) is 11.9. The van der Waals surface area contributed by atoms with Crippen LogP contribution in [0.3, 0.4) is 0 Å². The molecule has 0 unspecified atom stereocenters. The predicted octanol–water partition coefficient (Wildman–Crippen LogP) is 3.25. The predicted molar refractivity (Wildman–Crippen MR) is 79.1 cm³/mol. The van der Waals surface area contributed by atoms with E-state index < -0.39 is 0 Å². The summed E-state index contributed by atoms with van der Waals surface area (Å²) >= 11 is 0. The highest BCUT2D eigenvalue weighted by atomic mass is 16.3. The van der Waals surface area contributed by atoms with Gasteiger partial charge in [-0.25, -0.2) is 4.98 Å². The van der Waals surface area contributed by atoms with Crippen molar-refractivity contribution in [2.75, 3.05) is 18.0 Å². The third-order valence-electron chi connectivity index (χ3n) is 3.07. The normalized spacial score (nSPS) is 10.7. The lowest BCUT2D eigenvalue weighted by Gasteiger charge is -2.21. The number of rotatable bonds is 5. The van der Waals surface area contributed by atoms with Crippen LogP contribution in [0.4, 0.5) is 17.2 Å². The van der Waals surface area contributed by atoms with Gasteiger partial charge >= 0.3 is 0 Å². The number of hydrogen-bond acceptors (Lipinski definition) is 6. The van der Waals surface area contributed by atoms with E-state index in [4.69, 9.17) is 5.26 Å². The summed E-state index contributed by atoms with van der Waals surface area (Å²) in [6.07, 6.45) is 1.37. The second-order valence-corrected chi connectivity index (χ2v) is 4.26. The van der Waals surface area contributed by atoms with Crippen molar-refractivity contribution < 1.29 is 5.11 Å². The summed E-state index contributed by atoms with van der Waals surface area (Å²) in [6, 6.07) is 7.13. The number of imidazole rings is 1. The average Bonchev–Trinajstić information content (AvgIpc) is 2.95. The summed E-state index contributed by atoms with van der Waals surface area (Å²) in [5.74, 6) is 0.238. The number of nitriles is 1. The molecule has 0 radical (unpaired) electrons. The molecule has 0 aliphatic carbocycles. The van der Waals surface area contributed by atoms with Crippen LogP contribution in [-0.4, -0.2) is 28.2 Å². The third kappa shape index (κ3) is 3.17. The molecule has 0 amide bonds. The number of aromatic nitrogens is 2. The molecule has 2 aromatic rings. The number of anilines is 1. The summed E-state index contributed by atoms with van der Waals surface area (Å²) in [5.41, 5.74) is 1.49. The van der Waals surface area contributed by atoms with Crippen LogP contribution >= 0.6 is 0 Å². The number of nitrogens with one attached hydrogen (secondary N) is 1. The topological polar surface area (TPSA) is 101 Å². The number of hydrogen-bond donors (Lipinski definition) is 2. The van der Waals surface area contributed by atoms with Crippen LogP contribution in [0.2, 0.25) is 0 Å². The SMILES string of the molecule is CCN(CC)c1ccc(N=Nc2nc[nH]c2C#N)c(O)c1. The highest BCUT2D eigenvalue weighted by Crippen LogP contribution is 2.32. The molecule has 0 fully saturated rings. The highest BCUT2D eigenvalue weighted by Gasteiger charge is 2.07. The molecule has 1 heterocycles. The average molecular weight is 284 g/mol. The van der Waals surface area contributed by atoms with Gasteiger partial charge in [-0.2, -0.15) is 5.26 Å². The quantitative estimate of drug-likeness (QED) is 0.823. The largest absolute Gasteiger partial charge is 0.506 e. The van der Waals surface area contributed by atoms with E-state index in [2.05, 4.69) is 38.9 Å². The van der Waals surface area contributed by atoms with Crippen LogP contribution in [0.5, 0.6) is 5.75 Å². The van der Waals surface area contributed by atoms with Crippen molar-refractivity contribution in [2.24, 2.45) is 10.2 Å². The van der Waals surface area contributed by atoms with E-state index in [1.807, 2.05) is 12.1 Å². The number of H-pyrrole nitrogens is 1. The molecule has 2 rings (SSSR count). The molecule has 0 spiro atoms. The lowest BCUT2D eigenvalue weighted by atomic mass is 10.2. The van der Waals surface area contributed by atoms with Crippen molar-refractivity contribution in [3.05, 3.63) is 30.2 Å². The van der Waals surface area contributed by atoms with Gasteiger partial charge in [0.05, 0.1) is 6.33 Å². The molecule has 0 saturated heterocycles. The Morgan fingerprint density at radius 1 is 1.33 bits per heavy atom. The molecule has 1 aromatic heterocycles. The Hall–Kier alpha value is -2.88. The zero-order valence-electron chi connectivity index (χ0n) is 11.9. The third-order valence-corrected chi connectivity index (χ3v) is 3.07. The first-order valence-electron chi connectivity index (χ1n) is 6.62. The Kier molecular flexibility index (Phi) is 4.51. The lowest BCUT2D eigenvalue weighted by molar-refractivity contribution is 0.476. The molecular weight excluding hydrogens is 268 g/mol. The van der Waals surface area contributed by atoms with E-state index in [1.54, 1.807) is 12.1 Å². The van der Waals surface area contributed by atoms with Crippen molar-refractivity contribution in [2.45, 2.75) is 13.8 Å². The fourth-order valence-electron chi connectivity index (χ4n) is 1.93. The fourth-order valence-corrected chi connectivity index (χ4v) is 1.93. The van der Waals surface area contributed by atoms with Crippen LogP contribution in [-0.2, 0) is 0 Å². The molecular formula is C14H16N6O. The minimum atomic E-state index is 0.0391. The lowest BCUT2D eigenvalue weighted by Crippen LogP contribution is -2.21. The zero-order chi connectivity index (χ0) is 15.2. The molecule has 21 heavy (non-hydrogen) atoms. The van der Waals surface area contributed by atoms with Gasteiger partial charge in [0.2, 0.25) is 5.82 Å². The van der Waals surface area contributed by atoms with Gasteiger partial charge in [0.25, 0.3) is 0 Å². The maximum absolute atomic E-state index is 10.0. The first-order chi connectivity index (χ1) is 10.2. The molecule has 7 nitrogen and oxygen atoms in total. The molecule has 108 valence electrons. The Balaban J connectivity index is 2.24. The number of benzene rings is 1. The van der Waals surface area contributed by atoms with Crippen molar-refractivity contribution >= 4 is 17.2 Å². The first-order valence-corrected chi connectivity index (χ1v) is 6.62. The molecule has 0 saturated carbocycles. The van der Waals surface area contributed by atoms with Crippen LogP contribution < -0.4 is 4.90 Å². The van der Waals surface area contributed by atoms with Crippen LogP contribution in [0, 0.1) is 11.3 Å². The Morgan fingerprint density at radius 2 is 2.10 bits per heavy atom. The summed E-state index contributed by atoms with van der Waals surface area (Å²) in [4.78, 5) is 8.64. The standard InChI is InChI=1S/C14H16N6O/c1-3-20(4-2)10-5-6-11(13(21)7-10)18-19-14-12(8-15)16-9-17-14/h5-7,9,21H,3-4H2,1-2H3,(H,16,17). The van der Waals surface area contributed by atoms with Gasteiger partial charge < -0.3 is 15.0 Å². The van der Waals surface area contributed by atoms with E-state index in [0.717, 1.165) is 18.8 Å². The molecule has 2 N–H and O–H groups in total. The second-order valence-electron chi connectivity index (χ2n) is 4.26. The number of aromatic hydroxyl groups is 1. The number of phenolic OH excluding ortho intramolecular Hbond substituents is 1. The number of azo groups is 1. The Bertz CT molecular complexity index is 681. The second kappa shape index (κ2) is 6.52. The van der Waals surface area contributed by atoms with E-state index in [9.17, 15) is 5.11 Å². The molecule has 1 aromatic carbocycles. The number of nitrogens with zero attached hydrogens (tertiary/aromatic N) is 5. The minimum absolute atomic E-state index is 0.0391. The fraction of sp³-hybridized carbons (Fsp3) is 0.286. The molecule has 7 heteroatoms. The molecule has 0 bridgehead atoms. The van der Waals surface area contributed by atoms with Crippen LogP contribution in [0.1, 0.15) is 19.5 Å². The van der Waals surface area contributed by atoms with E-state index >= 15 is 0 Å². The summed E-state index contributed by atoms with van der Waals surface area (Å²) in [6.45, 7) is 5.82. The monoisotopic (exact) mass is 284 g/mol. The van der Waals surface area contributed by atoms with Gasteiger partial charge in [-0.3, -0.25) is 0 Å². The van der Waals surface area contributed by atoms with Crippen molar-refractivity contribution in [1.82, 2.24) is 9.97 Å². The maximum atomic E-state index is 10.0. The smallest absolute Gasteiger partial charge is 0.210 e. The van der Waals surface area contributed by atoms with Gasteiger partial charge in [-0.1, -0.05) is 0 Å². The van der Waals surface area contributed by atoms with E-state index in [-0.39, 0.29) is 17.3 Å². The van der Waals surface area contributed by atoms with Crippen molar-refractivity contribution in [3.63, 3.8) is 0 Å². The highest BCUT2D eigenvalue weighted by molar-refractivity contribution is 5.61. The van der Waals surface area contributed by atoms with Gasteiger partial charge in [0, 0.05) is 24.8 Å². The minimum Gasteiger partial charge on any atom is -0.506 e. The summed E-state index contributed by atoms with van der Waals surface area (Å²) < 4.78 is 0. The van der Waals surface area contributed by atoms with Gasteiger partial charge in [-0.05, 0) is 26.0 Å². The van der Waals surface area contributed by atoms with Crippen LogP contribution in [0.25, 0.3) is 0 Å². The van der Waals surface area contributed by atoms with E-state index in [0.29, 0.717) is 5.69 Å². The summed E-state index contributed by atoms with van der Waals surface area (Å²) in [7, 11) is 0. The van der Waals surface area contributed by atoms with Gasteiger partial charge in [-0.15, -0.1) is 10.2 Å². The molecule has 0 atom stereocenters. The molecule has 0 aliphatic rings. The Morgan fingerprint density at radius 3 is 2.71 bits per heavy atom. The van der Waals surface area contributed by atoms with E-state index in [1.165, 1.54) is 6.33 Å². The maximum Gasteiger partial charge on any atom is 0.210 e. The Labute approximate surface area is 122 Å². The molecule has 0 aliphatic heterocycles. The van der Waals surface area contributed by atoms with Gasteiger partial charge in [0.15, 0.2) is 5.69 Å².